The van der Waals surface area contributed by atoms with Crippen molar-refractivity contribution in [2.24, 2.45) is 0 Å². The average molecular weight is 568 g/mol. The van der Waals surface area contributed by atoms with Gasteiger partial charge in [0.15, 0.2) is 0 Å². The smallest absolute Gasteiger partial charge is 0.250 e. The van der Waals surface area contributed by atoms with E-state index in [-0.39, 0.29) is 32.2 Å². The van der Waals surface area contributed by atoms with Crippen molar-refractivity contribution < 1.29 is 14.3 Å². The summed E-state index contributed by atoms with van der Waals surface area (Å²) >= 11 is 0. The number of benzene rings is 3. The van der Waals surface area contributed by atoms with Crippen molar-refractivity contribution in [3.8, 4) is 0 Å². The second-order valence-corrected chi connectivity index (χ2v) is 11.5. The number of pyridine rings is 1. The van der Waals surface area contributed by atoms with Crippen LogP contribution in [-0.4, -0.2) is 70.3 Å². The second-order valence-electron chi connectivity index (χ2n) is 11.5. The summed E-state index contributed by atoms with van der Waals surface area (Å²) in [6.45, 7) is 2.43. The third-order valence-corrected chi connectivity index (χ3v) is 9.13. The highest BCUT2D eigenvalue weighted by Gasteiger charge is 2.54. The van der Waals surface area contributed by atoms with E-state index in [9.17, 15) is 14.3 Å². The van der Waals surface area contributed by atoms with Crippen LogP contribution in [0.15, 0.2) is 85.1 Å². The van der Waals surface area contributed by atoms with Crippen LogP contribution in [0.5, 0.6) is 0 Å². The summed E-state index contributed by atoms with van der Waals surface area (Å²) in [7, 11) is 0. The maximum atomic E-state index is 14.2. The Morgan fingerprint density at radius 3 is 2.50 bits per heavy atom. The SMILES string of the molecule is C.O=C1N(C[C@H](O)CNc2ccccn2)CN(c2ccc(F)cc2)C12CCN([C@@H]1Cc3cccc4cccc1c34)CC2. The Hall–Kier alpha value is -4.01. The number of aliphatic hydroxyl groups excluding tert-OH is 1. The maximum Gasteiger partial charge on any atom is 0.250 e. The van der Waals surface area contributed by atoms with Gasteiger partial charge in [-0.15, -0.1) is 0 Å². The van der Waals surface area contributed by atoms with Crippen LogP contribution in [-0.2, 0) is 11.2 Å². The van der Waals surface area contributed by atoms with Crippen LogP contribution in [0, 0.1) is 5.82 Å². The van der Waals surface area contributed by atoms with Crippen LogP contribution in [0.1, 0.15) is 37.4 Å². The molecule has 2 atom stereocenters. The first kappa shape index (κ1) is 28.1. The number of halogens is 1. The number of likely N-dealkylation sites (tertiary alicyclic amines) is 1. The molecule has 0 radical (unpaired) electrons. The first-order valence-electron chi connectivity index (χ1n) is 14.4. The standard InChI is InChI=1S/C33H34FN5O2.CH4/c34-25-10-12-26(13-11-25)39-22-38(21-27(40)20-36-30-9-1-2-16-35-30)32(41)33(39)14-17-37(18-15-33)29-19-24-7-3-5-23-6-4-8-28(29)31(23)24;/h1-13,16,27,29,40H,14-15,17-22H2,(H,35,36);1H4/t27-,29-;/m1./s1. The predicted molar refractivity (Wildman–Crippen MR) is 165 cm³/mol. The molecule has 4 aromatic rings. The van der Waals surface area contributed by atoms with E-state index in [2.05, 4.69) is 56.5 Å². The Kier molecular flexibility index (Phi) is 7.60. The summed E-state index contributed by atoms with van der Waals surface area (Å²) in [6.07, 6.45) is 3.26. The van der Waals surface area contributed by atoms with Crippen LogP contribution in [0.2, 0.25) is 0 Å². The van der Waals surface area contributed by atoms with Gasteiger partial charge in [0.1, 0.15) is 17.2 Å². The maximum absolute atomic E-state index is 14.2. The van der Waals surface area contributed by atoms with E-state index >= 15 is 0 Å². The van der Waals surface area contributed by atoms with Crippen LogP contribution < -0.4 is 10.2 Å². The Bertz CT molecular complexity index is 1550. The van der Waals surface area contributed by atoms with Gasteiger partial charge in [0.2, 0.25) is 5.91 Å². The number of hydrogen-bond donors (Lipinski definition) is 2. The Morgan fingerprint density at radius 1 is 1.00 bits per heavy atom. The molecule has 0 unspecified atom stereocenters. The molecule has 1 spiro atoms. The lowest BCUT2D eigenvalue weighted by molar-refractivity contribution is -0.134. The van der Waals surface area contributed by atoms with Gasteiger partial charge in [-0.2, -0.15) is 0 Å². The zero-order valence-corrected chi connectivity index (χ0v) is 22.9. The number of carbonyl (C=O) groups excluding carboxylic acids is 1. The molecule has 0 bridgehead atoms. The van der Waals surface area contributed by atoms with Crippen molar-refractivity contribution in [2.45, 2.75) is 44.4 Å². The van der Waals surface area contributed by atoms with Gasteiger partial charge in [0.05, 0.1) is 19.3 Å². The molecule has 0 saturated carbocycles. The number of amides is 1. The van der Waals surface area contributed by atoms with Crippen molar-refractivity contribution in [1.82, 2.24) is 14.8 Å². The molecule has 3 heterocycles. The number of aliphatic hydroxyl groups is 1. The first-order valence-corrected chi connectivity index (χ1v) is 14.4. The second kappa shape index (κ2) is 11.3. The van der Waals surface area contributed by atoms with Crippen molar-refractivity contribution in [3.05, 3.63) is 102 Å². The normalized spacial score (nSPS) is 20.2. The third kappa shape index (κ3) is 4.88. The molecular weight excluding hydrogens is 529 g/mol. The molecule has 2 aliphatic heterocycles. The molecule has 2 saturated heterocycles. The molecule has 218 valence electrons. The number of nitrogens with one attached hydrogen (secondary N) is 1. The number of β-amino-alcohol motifs (C(OH)–C–C–N with tert-alkyl or cyclic N) is 1. The van der Waals surface area contributed by atoms with Crippen molar-refractivity contribution in [2.75, 3.05) is 43.1 Å². The molecule has 2 fully saturated rings. The molecule has 7 nitrogen and oxygen atoms in total. The van der Waals surface area contributed by atoms with Gasteiger partial charge in [-0.05, 0) is 77.6 Å². The summed E-state index contributed by atoms with van der Waals surface area (Å²) in [5.41, 5.74) is 2.88. The molecule has 3 aliphatic rings. The highest BCUT2D eigenvalue weighted by atomic mass is 19.1. The third-order valence-electron chi connectivity index (χ3n) is 9.13. The van der Waals surface area contributed by atoms with E-state index < -0.39 is 11.6 Å². The average Bonchev–Trinajstić information content (AvgIpc) is 3.50. The fourth-order valence-electron chi connectivity index (χ4n) is 7.11. The topological polar surface area (TPSA) is 71.9 Å². The van der Waals surface area contributed by atoms with Crippen LogP contribution in [0.4, 0.5) is 15.9 Å². The lowest BCUT2D eigenvalue weighted by atomic mass is 9.84. The largest absolute Gasteiger partial charge is 0.389 e. The summed E-state index contributed by atoms with van der Waals surface area (Å²) in [6, 6.07) is 25.4. The minimum absolute atomic E-state index is 0. The molecule has 1 aromatic heterocycles. The summed E-state index contributed by atoms with van der Waals surface area (Å²) in [5.74, 6) is 0.419. The Balaban J connectivity index is 0.00000316. The van der Waals surface area contributed by atoms with Gasteiger partial charge < -0.3 is 20.2 Å². The molecule has 1 amide bonds. The number of nitrogens with zero attached hydrogens (tertiary/aromatic N) is 4. The van der Waals surface area contributed by atoms with Gasteiger partial charge >= 0.3 is 0 Å². The molecule has 8 heteroatoms. The molecule has 42 heavy (non-hydrogen) atoms. The van der Waals surface area contributed by atoms with Gasteiger partial charge in [-0.1, -0.05) is 49.9 Å². The van der Waals surface area contributed by atoms with E-state index in [4.69, 9.17) is 0 Å². The van der Waals surface area contributed by atoms with E-state index in [0.29, 0.717) is 31.4 Å². The van der Waals surface area contributed by atoms with E-state index in [1.807, 2.05) is 18.2 Å². The predicted octanol–water partition coefficient (Wildman–Crippen LogP) is 5.22. The quantitative estimate of drug-likeness (QED) is 0.319. The highest BCUT2D eigenvalue weighted by Crippen LogP contribution is 2.45. The van der Waals surface area contributed by atoms with Gasteiger partial charge in [-0.3, -0.25) is 9.69 Å². The fraction of sp³-hybridized carbons (Fsp3) is 0.353. The number of carbonyl (C=O) groups is 1. The zero-order valence-electron chi connectivity index (χ0n) is 22.9. The number of anilines is 2. The number of aromatic nitrogens is 1. The number of piperidine rings is 1. The van der Waals surface area contributed by atoms with Crippen molar-refractivity contribution >= 4 is 28.2 Å². The van der Waals surface area contributed by atoms with E-state index in [1.165, 1.54) is 34.0 Å². The Morgan fingerprint density at radius 2 is 1.76 bits per heavy atom. The van der Waals surface area contributed by atoms with Gasteiger partial charge in [-0.25, -0.2) is 9.37 Å². The van der Waals surface area contributed by atoms with Crippen LogP contribution in [0.25, 0.3) is 10.8 Å². The number of hydrogen-bond acceptors (Lipinski definition) is 6. The fourth-order valence-corrected chi connectivity index (χ4v) is 7.11. The van der Waals surface area contributed by atoms with Crippen LogP contribution >= 0.6 is 0 Å². The van der Waals surface area contributed by atoms with E-state index in [0.717, 1.165) is 25.2 Å². The molecule has 3 aromatic carbocycles. The molecule has 2 N–H and O–H groups in total. The molecular formula is C34H38FN5O2. The van der Waals surface area contributed by atoms with Gasteiger partial charge in [0, 0.05) is 37.6 Å². The summed E-state index contributed by atoms with van der Waals surface area (Å²) in [5, 5.41) is 16.7. The van der Waals surface area contributed by atoms with Crippen LogP contribution in [0.3, 0.4) is 0 Å². The molecule has 1 aliphatic carbocycles. The zero-order chi connectivity index (χ0) is 28.0. The van der Waals surface area contributed by atoms with Crippen molar-refractivity contribution in [1.29, 1.82) is 0 Å². The van der Waals surface area contributed by atoms with Gasteiger partial charge in [0.25, 0.3) is 0 Å². The summed E-state index contributed by atoms with van der Waals surface area (Å²) < 4.78 is 13.8. The lowest BCUT2D eigenvalue weighted by Crippen LogP contribution is -2.57. The lowest BCUT2D eigenvalue weighted by Gasteiger charge is -2.45. The minimum Gasteiger partial charge on any atom is -0.389 e. The highest BCUT2D eigenvalue weighted by molar-refractivity contribution is 5.94. The van der Waals surface area contributed by atoms with E-state index in [1.54, 1.807) is 23.2 Å². The minimum atomic E-state index is -0.760. The molecule has 7 rings (SSSR count). The number of rotatable bonds is 7. The first-order chi connectivity index (χ1) is 20.0. The monoisotopic (exact) mass is 567 g/mol. The Labute approximate surface area is 246 Å². The summed E-state index contributed by atoms with van der Waals surface area (Å²) in [4.78, 5) is 24.8. The van der Waals surface area contributed by atoms with Crippen molar-refractivity contribution in [3.63, 3.8) is 0 Å².